The molecule has 0 spiro atoms. The topological polar surface area (TPSA) is 105 Å². The smallest absolute Gasteiger partial charge is 0.475 e. The molecule has 1 aliphatic heterocycles. The average Bonchev–Trinajstić information content (AvgIpc) is 3.34. The second-order valence-corrected chi connectivity index (χ2v) is 9.56. The molecule has 3 aromatic rings. The van der Waals surface area contributed by atoms with Crippen LogP contribution in [0.2, 0.25) is 5.02 Å². The van der Waals surface area contributed by atoms with E-state index in [1.54, 1.807) is 4.68 Å². The molecule has 0 bridgehead atoms. The Morgan fingerprint density at radius 2 is 1.77 bits per heavy atom. The van der Waals surface area contributed by atoms with Gasteiger partial charge in [0.05, 0.1) is 17.6 Å². The van der Waals surface area contributed by atoms with Crippen molar-refractivity contribution in [3.63, 3.8) is 0 Å². The molecular weight excluding hydrogens is 537 g/mol. The summed E-state index contributed by atoms with van der Waals surface area (Å²) in [5.41, 5.74) is 1.92. The molecule has 1 saturated heterocycles. The van der Waals surface area contributed by atoms with E-state index in [4.69, 9.17) is 26.6 Å². The van der Waals surface area contributed by atoms with Gasteiger partial charge < -0.3 is 10.4 Å². The number of benzene rings is 2. The van der Waals surface area contributed by atoms with Crippen LogP contribution in [0.1, 0.15) is 37.4 Å². The summed E-state index contributed by atoms with van der Waals surface area (Å²) in [6.45, 7) is 4.76. The Balaban J connectivity index is 0.000000532. The summed E-state index contributed by atoms with van der Waals surface area (Å²) in [7, 11) is 0. The number of carboxylic acids is 1. The minimum absolute atomic E-state index is 0.0592. The fourth-order valence-corrected chi connectivity index (χ4v) is 4.61. The molecule has 8 nitrogen and oxygen atoms in total. The van der Waals surface area contributed by atoms with Crippen molar-refractivity contribution in [2.45, 2.75) is 51.4 Å². The molecule has 12 heteroatoms. The predicted octanol–water partition coefficient (Wildman–Crippen LogP) is 4.26. The largest absolute Gasteiger partial charge is 0.490 e. The van der Waals surface area contributed by atoms with Crippen molar-refractivity contribution in [1.82, 2.24) is 20.0 Å². The normalized spacial score (nSPS) is 15.6. The molecule has 2 N–H and O–H groups in total. The minimum atomic E-state index is -5.08. The van der Waals surface area contributed by atoms with E-state index in [-0.39, 0.29) is 17.5 Å². The molecule has 0 radical (unpaired) electrons. The standard InChI is InChI=1S/C25H29ClN4O2.C2HF3O2/c1-2-27-24(31)13-15-29-14-5-6-20(29)17-30-25(32)22-8-4-3-7-21(22)23(28-30)16-18-9-11-19(26)12-10-18;3-2(4,5)1(6)7/h3-4,7-12,20H,2,5-6,13-17H2,1H3,(H,27,31);(H,6,7)/t20-;/m1./s1. The van der Waals surface area contributed by atoms with Gasteiger partial charge in [-0.25, -0.2) is 9.48 Å². The summed E-state index contributed by atoms with van der Waals surface area (Å²) < 4.78 is 33.4. The Morgan fingerprint density at radius 1 is 1.13 bits per heavy atom. The van der Waals surface area contributed by atoms with Crippen molar-refractivity contribution in [2.75, 3.05) is 19.6 Å². The fourth-order valence-electron chi connectivity index (χ4n) is 4.48. The van der Waals surface area contributed by atoms with Gasteiger partial charge in [0, 0.05) is 42.4 Å². The van der Waals surface area contributed by atoms with Crippen LogP contribution in [0.4, 0.5) is 13.2 Å². The first-order valence-electron chi connectivity index (χ1n) is 12.5. The lowest BCUT2D eigenvalue weighted by atomic mass is 10.0. The highest BCUT2D eigenvalue weighted by atomic mass is 35.5. The third kappa shape index (κ3) is 8.52. The van der Waals surface area contributed by atoms with Gasteiger partial charge in [0.1, 0.15) is 0 Å². The van der Waals surface area contributed by atoms with Crippen LogP contribution in [0.5, 0.6) is 0 Å². The molecule has 210 valence electrons. The van der Waals surface area contributed by atoms with Crippen LogP contribution in [0.15, 0.2) is 53.3 Å². The molecule has 4 rings (SSSR count). The van der Waals surface area contributed by atoms with E-state index in [9.17, 15) is 22.8 Å². The molecule has 1 amide bonds. The lowest BCUT2D eigenvalue weighted by Crippen LogP contribution is -2.39. The van der Waals surface area contributed by atoms with Gasteiger partial charge in [-0.1, -0.05) is 41.9 Å². The molecular formula is C27H30ClF3N4O4. The summed E-state index contributed by atoms with van der Waals surface area (Å²) >= 11 is 6.04. The van der Waals surface area contributed by atoms with Crippen molar-refractivity contribution >= 4 is 34.2 Å². The first-order chi connectivity index (χ1) is 18.5. The highest BCUT2D eigenvalue weighted by molar-refractivity contribution is 6.30. The molecule has 1 atom stereocenters. The monoisotopic (exact) mass is 566 g/mol. The predicted molar refractivity (Wildman–Crippen MR) is 142 cm³/mol. The van der Waals surface area contributed by atoms with Crippen molar-refractivity contribution in [2.24, 2.45) is 0 Å². The van der Waals surface area contributed by atoms with Gasteiger partial charge in [-0.2, -0.15) is 18.3 Å². The van der Waals surface area contributed by atoms with E-state index in [0.29, 0.717) is 42.9 Å². The van der Waals surface area contributed by atoms with Crippen molar-refractivity contribution < 1.29 is 27.9 Å². The van der Waals surface area contributed by atoms with Crippen LogP contribution in [-0.4, -0.2) is 63.5 Å². The number of carbonyl (C=O) groups is 2. The number of hydrogen-bond acceptors (Lipinski definition) is 5. The molecule has 39 heavy (non-hydrogen) atoms. The van der Waals surface area contributed by atoms with Crippen LogP contribution < -0.4 is 10.9 Å². The molecule has 2 aromatic carbocycles. The highest BCUT2D eigenvalue weighted by Gasteiger charge is 2.38. The van der Waals surface area contributed by atoms with Gasteiger partial charge in [0.2, 0.25) is 5.91 Å². The van der Waals surface area contributed by atoms with Crippen molar-refractivity contribution in [3.8, 4) is 0 Å². The maximum Gasteiger partial charge on any atom is 0.490 e. The summed E-state index contributed by atoms with van der Waals surface area (Å²) in [5, 5.41) is 17.1. The third-order valence-corrected chi connectivity index (χ3v) is 6.61. The van der Waals surface area contributed by atoms with Gasteiger partial charge in [-0.05, 0) is 50.1 Å². The molecule has 2 heterocycles. The van der Waals surface area contributed by atoms with E-state index in [1.165, 1.54) is 0 Å². The lowest BCUT2D eigenvalue weighted by Gasteiger charge is -2.24. The second-order valence-electron chi connectivity index (χ2n) is 9.12. The van der Waals surface area contributed by atoms with Crippen molar-refractivity contribution in [1.29, 1.82) is 0 Å². The summed E-state index contributed by atoms with van der Waals surface area (Å²) in [4.78, 5) is 36.3. The van der Waals surface area contributed by atoms with Gasteiger partial charge >= 0.3 is 12.1 Å². The Bertz CT molecular complexity index is 1350. The fraction of sp³-hybridized carbons (Fsp3) is 0.407. The SMILES string of the molecule is CCNC(=O)CCN1CCC[C@@H]1Cn1nc(Cc2ccc(Cl)cc2)c2ccccc2c1=O.O=C(O)C(F)(F)F. The zero-order chi connectivity index (χ0) is 28.6. The first-order valence-corrected chi connectivity index (χ1v) is 12.9. The van der Waals surface area contributed by atoms with Crippen LogP contribution >= 0.6 is 11.6 Å². The van der Waals surface area contributed by atoms with Gasteiger partial charge in [0.15, 0.2) is 0 Å². The lowest BCUT2D eigenvalue weighted by molar-refractivity contribution is -0.192. The Kier molecular flexibility index (Phi) is 10.5. The molecule has 0 unspecified atom stereocenters. The summed E-state index contributed by atoms with van der Waals surface area (Å²) in [6, 6.07) is 15.6. The number of nitrogens with one attached hydrogen (secondary N) is 1. The number of amides is 1. The number of fused-ring (bicyclic) bond motifs is 1. The number of aliphatic carboxylic acids is 1. The average molecular weight is 567 g/mol. The maximum atomic E-state index is 13.2. The summed E-state index contributed by atoms with van der Waals surface area (Å²) in [6.07, 6.45) is -1.90. The zero-order valence-electron chi connectivity index (χ0n) is 21.4. The number of carbonyl (C=O) groups excluding carboxylic acids is 1. The van der Waals surface area contributed by atoms with Crippen LogP contribution in [0.25, 0.3) is 10.8 Å². The first kappa shape index (κ1) is 30.1. The quantitative estimate of drug-likeness (QED) is 0.422. The zero-order valence-corrected chi connectivity index (χ0v) is 22.1. The van der Waals surface area contributed by atoms with E-state index < -0.39 is 12.1 Å². The van der Waals surface area contributed by atoms with Crippen molar-refractivity contribution in [3.05, 3.63) is 75.2 Å². The van der Waals surface area contributed by atoms with Gasteiger partial charge in [-0.3, -0.25) is 14.5 Å². The number of hydrogen-bond donors (Lipinski definition) is 2. The molecule has 0 aliphatic carbocycles. The molecule has 1 aromatic heterocycles. The number of carboxylic acid groups (broad SMARTS) is 1. The molecule has 1 fully saturated rings. The number of rotatable bonds is 8. The number of nitrogens with zero attached hydrogens (tertiary/aromatic N) is 3. The summed E-state index contributed by atoms with van der Waals surface area (Å²) in [5.74, 6) is -2.68. The highest BCUT2D eigenvalue weighted by Crippen LogP contribution is 2.21. The molecule has 1 aliphatic rings. The van der Waals surface area contributed by atoms with E-state index in [1.807, 2.05) is 55.5 Å². The maximum absolute atomic E-state index is 13.2. The van der Waals surface area contributed by atoms with E-state index >= 15 is 0 Å². The van der Waals surface area contributed by atoms with Crippen LogP contribution in [0, 0.1) is 0 Å². The molecule has 0 saturated carbocycles. The second kappa shape index (κ2) is 13.6. The number of halogens is 4. The number of alkyl halides is 3. The number of aromatic nitrogens is 2. The Labute approximate surface area is 228 Å². The third-order valence-electron chi connectivity index (χ3n) is 6.35. The van der Waals surface area contributed by atoms with E-state index in [2.05, 4.69) is 10.2 Å². The van der Waals surface area contributed by atoms with Gasteiger partial charge in [-0.15, -0.1) is 0 Å². The number of likely N-dealkylation sites (tertiary alicyclic amines) is 1. The Hall–Kier alpha value is -3.44. The van der Waals surface area contributed by atoms with Crippen LogP contribution in [-0.2, 0) is 22.6 Å². The Morgan fingerprint density at radius 3 is 2.38 bits per heavy atom. The van der Waals surface area contributed by atoms with Gasteiger partial charge in [0.25, 0.3) is 5.56 Å². The van der Waals surface area contributed by atoms with E-state index in [0.717, 1.165) is 36.0 Å². The van der Waals surface area contributed by atoms with Crippen LogP contribution in [0.3, 0.4) is 0 Å². The minimum Gasteiger partial charge on any atom is -0.475 e.